The van der Waals surface area contributed by atoms with Crippen molar-refractivity contribution in [1.82, 2.24) is 0 Å². The summed E-state index contributed by atoms with van der Waals surface area (Å²) in [5, 5.41) is 11.5. The molecular weight excluding hydrogens is 446 g/mol. The minimum atomic E-state index is -0.964. The van der Waals surface area contributed by atoms with Crippen LogP contribution in [0.15, 0.2) is 121 Å². The van der Waals surface area contributed by atoms with Gasteiger partial charge in [0.1, 0.15) is 0 Å². The van der Waals surface area contributed by atoms with Crippen molar-refractivity contribution in [3.05, 3.63) is 132 Å². The molecule has 0 aromatic heterocycles. The number of anilines is 1. The zero-order valence-electron chi connectivity index (χ0n) is 20.9. The van der Waals surface area contributed by atoms with E-state index in [0.717, 1.165) is 30.4 Å². The van der Waals surface area contributed by atoms with Crippen LogP contribution in [0.25, 0.3) is 6.08 Å². The SMILES string of the molecule is CCCCCCON(c1ccccc1C(=O)O)C1C=CC=CC1=Cc1ccccc1.c1ccccc1. The quantitative estimate of drug-likeness (QED) is 0.236. The van der Waals surface area contributed by atoms with E-state index in [0.29, 0.717) is 12.3 Å². The van der Waals surface area contributed by atoms with Gasteiger partial charge >= 0.3 is 5.97 Å². The van der Waals surface area contributed by atoms with Crippen molar-refractivity contribution >= 4 is 17.7 Å². The molecule has 0 heterocycles. The number of carbonyl (C=O) groups is 1. The molecule has 3 aromatic rings. The summed E-state index contributed by atoms with van der Waals surface area (Å²) < 4.78 is 0. The van der Waals surface area contributed by atoms with Crippen LogP contribution < -0.4 is 5.06 Å². The Morgan fingerprint density at radius 1 is 0.861 bits per heavy atom. The topological polar surface area (TPSA) is 49.8 Å². The average molecular weight is 482 g/mol. The molecule has 0 spiro atoms. The highest BCUT2D eigenvalue weighted by atomic mass is 16.7. The zero-order valence-corrected chi connectivity index (χ0v) is 20.9. The van der Waals surface area contributed by atoms with Crippen LogP contribution >= 0.6 is 0 Å². The van der Waals surface area contributed by atoms with Gasteiger partial charge in [0.25, 0.3) is 0 Å². The van der Waals surface area contributed by atoms with Crippen molar-refractivity contribution in [3.8, 4) is 0 Å². The van der Waals surface area contributed by atoms with E-state index in [1.165, 1.54) is 6.42 Å². The van der Waals surface area contributed by atoms with Crippen LogP contribution in [0.2, 0.25) is 0 Å². The molecule has 4 heteroatoms. The Bertz CT molecular complexity index is 1110. The smallest absolute Gasteiger partial charge is 0.337 e. The van der Waals surface area contributed by atoms with Gasteiger partial charge in [-0.05, 0) is 35.8 Å². The molecule has 1 N–H and O–H groups in total. The number of para-hydroxylation sites is 1. The molecule has 3 aromatic carbocycles. The predicted molar refractivity (Wildman–Crippen MR) is 149 cm³/mol. The third kappa shape index (κ3) is 8.40. The molecule has 1 atom stereocenters. The number of carboxylic acids is 1. The highest BCUT2D eigenvalue weighted by Gasteiger charge is 2.25. The Morgan fingerprint density at radius 2 is 1.50 bits per heavy atom. The predicted octanol–water partition coefficient (Wildman–Crippen LogP) is 7.97. The Balaban J connectivity index is 0.000000526. The number of carboxylic acid groups (broad SMARTS) is 1. The maximum atomic E-state index is 11.9. The molecule has 4 rings (SSSR count). The lowest BCUT2D eigenvalue weighted by molar-refractivity contribution is 0.0685. The van der Waals surface area contributed by atoms with Gasteiger partial charge in [-0.3, -0.25) is 4.84 Å². The molecule has 0 saturated heterocycles. The van der Waals surface area contributed by atoms with Crippen molar-refractivity contribution in [2.45, 2.75) is 38.6 Å². The molecule has 0 amide bonds. The molecule has 0 saturated carbocycles. The Labute approximate surface area is 214 Å². The summed E-state index contributed by atoms with van der Waals surface area (Å²) in [5.74, 6) is -0.964. The molecule has 4 nitrogen and oxygen atoms in total. The Kier molecular flexibility index (Phi) is 11.3. The summed E-state index contributed by atoms with van der Waals surface area (Å²) in [7, 11) is 0. The van der Waals surface area contributed by atoms with Gasteiger partial charge in [-0.1, -0.05) is 129 Å². The lowest BCUT2D eigenvalue weighted by Crippen LogP contribution is -2.37. The minimum absolute atomic E-state index is 0.220. The molecule has 36 heavy (non-hydrogen) atoms. The summed E-state index contributed by atoms with van der Waals surface area (Å²) in [4.78, 5) is 18.1. The molecule has 0 bridgehead atoms. The number of unbranched alkanes of at least 4 members (excludes halogenated alkanes) is 3. The van der Waals surface area contributed by atoms with Crippen molar-refractivity contribution in [3.63, 3.8) is 0 Å². The number of hydrogen-bond acceptors (Lipinski definition) is 3. The minimum Gasteiger partial charge on any atom is -0.478 e. The first kappa shape index (κ1) is 26.7. The van der Waals surface area contributed by atoms with E-state index in [1.807, 2.05) is 85.0 Å². The van der Waals surface area contributed by atoms with Crippen LogP contribution in [0, 0.1) is 0 Å². The number of benzene rings is 3. The van der Waals surface area contributed by atoms with Gasteiger partial charge in [-0.2, -0.15) is 0 Å². The number of allylic oxidation sites excluding steroid dienone is 2. The largest absolute Gasteiger partial charge is 0.478 e. The van der Waals surface area contributed by atoms with Gasteiger partial charge in [-0.15, -0.1) is 0 Å². The van der Waals surface area contributed by atoms with E-state index >= 15 is 0 Å². The van der Waals surface area contributed by atoms with Crippen LogP contribution in [-0.2, 0) is 4.84 Å². The van der Waals surface area contributed by atoms with E-state index in [4.69, 9.17) is 4.84 Å². The highest BCUT2D eigenvalue weighted by Crippen LogP contribution is 2.29. The molecule has 186 valence electrons. The third-order valence-electron chi connectivity index (χ3n) is 5.69. The number of rotatable bonds is 10. The maximum Gasteiger partial charge on any atom is 0.337 e. The van der Waals surface area contributed by atoms with Gasteiger partial charge < -0.3 is 5.11 Å². The zero-order chi connectivity index (χ0) is 25.4. The molecule has 0 radical (unpaired) electrons. The monoisotopic (exact) mass is 481 g/mol. The number of nitrogens with zero attached hydrogens (tertiary/aromatic N) is 1. The second-order valence-electron chi connectivity index (χ2n) is 8.44. The Hall–Kier alpha value is -3.89. The van der Waals surface area contributed by atoms with Crippen molar-refractivity contribution < 1.29 is 14.7 Å². The van der Waals surface area contributed by atoms with E-state index in [-0.39, 0.29) is 11.6 Å². The fraction of sp³-hybridized carbons (Fsp3) is 0.219. The summed E-state index contributed by atoms with van der Waals surface area (Å²) >= 11 is 0. The van der Waals surface area contributed by atoms with E-state index < -0.39 is 5.97 Å². The maximum absolute atomic E-state index is 11.9. The fourth-order valence-electron chi connectivity index (χ4n) is 3.86. The first-order chi connectivity index (χ1) is 17.7. The summed E-state index contributed by atoms with van der Waals surface area (Å²) in [6.07, 6.45) is 14.5. The van der Waals surface area contributed by atoms with Gasteiger partial charge in [-0.25, -0.2) is 9.86 Å². The van der Waals surface area contributed by atoms with Crippen LogP contribution in [0.3, 0.4) is 0 Å². The summed E-state index contributed by atoms with van der Waals surface area (Å²) in [5.41, 5.74) is 2.92. The van der Waals surface area contributed by atoms with Gasteiger partial charge in [0.2, 0.25) is 0 Å². The van der Waals surface area contributed by atoms with Crippen LogP contribution in [0.1, 0.15) is 48.5 Å². The fourth-order valence-corrected chi connectivity index (χ4v) is 3.86. The number of aromatic carboxylic acids is 1. The van der Waals surface area contributed by atoms with Crippen molar-refractivity contribution in [1.29, 1.82) is 0 Å². The van der Waals surface area contributed by atoms with E-state index in [9.17, 15) is 9.90 Å². The lowest BCUT2D eigenvalue weighted by Gasteiger charge is -2.33. The molecule has 0 fully saturated rings. The molecule has 0 aliphatic heterocycles. The standard InChI is InChI=1S/C26H29NO3.C6H6/c1-2-3-4-12-19-30-27(25-18-11-9-16-23(25)26(28)29)24-17-10-8-15-22(24)20-21-13-6-5-7-14-21;1-2-4-6-5-3-1/h5-11,13-18,20,24H,2-4,12,19H2,1H3,(H,28,29);1-6H. The second-order valence-corrected chi connectivity index (χ2v) is 8.44. The third-order valence-corrected chi connectivity index (χ3v) is 5.69. The van der Waals surface area contributed by atoms with Crippen LogP contribution in [0.4, 0.5) is 5.69 Å². The van der Waals surface area contributed by atoms with E-state index in [2.05, 4.69) is 31.2 Å². The lowest BCUT2D eigenvalue weighted by atomic mass is 9.98. The second kappa shape index (κ2) is 15.2. The summed E-state index contributed by atoms with van der Waals surface area (Å²) in [6, 6.07) is 28.9. The van der Waals surface area contributed by atoms with Crippen molar-refractivity contribution in [2.24, 2.45) is 0 Å². The van der Waals surface area contributed by atoms with Crippen LogP contribution in [0.5, 0.6) is 0 Å². The first-order valence-electron chi connectivity index (χ1n) is 12.6. The van der Waals surface area contributed by atoms with Gasteiger partial charge in [0, 0.05) is 0 Å². The van der Waals surface area contributed by atoms with Crippen molar-refractivity contribution in [2.75, 3.05) is 11.7 Å². The van der Waals surface area contributed by atoms with Gasteiger partial charge in [0.15, 0.2) is 0 Å². The molecule has 1 unspecified atom stereocenters. The first-order valence-corrected chi connectivity index (χ1v) is 12.6. The van der Waals surface area contributed by atoms with Crippen LogP contribution in [-0.4, -0.2) is 23.7 Å². The number of hydroxylamine groups is 1. The molecular formula is C32H35NO3. The molecule has 1 aliphatic carbocycles. The Morgan fingerprint density at radius 3 is 2.17 bits per heavy atom. The highest BCUT2D eigenvalue weighted by molar-refractivity contribution is 5.94. The van der Waals surface area contributed by atoms with E-state index in [1.54, 1.807) is 17.2 Å². The average Bonchev–Trinajstić information content (AvgIpc) is 2.93. The number of hydrogen-bond donors (Lipinski definition) is 1. The van der Waals surface area contributed by atoms with Gasteiger partial charge in [0.05, 0.1) is 23.9 Å². The normalized spacial score (nSPS) is 15.2. The summed E-state index contributed by atoms with van der Waals surface area (Å²) in [6.45, 7) is 2.72. The molecule has 1 aliphatic rings.